The molecule has 0 saturated carbocycles. The lowest BCUT2D eigenvalue weighted by Crippen LogP contribution is -2.66. The van der Waals surface area contributed by atoms with Gasteiger partial charge in [-0.25, -0.2) is 0 Å². The Morgan fingerprint density at radius 2 is 1.00 bits per heavy atom. The Balaban J connectivity index is 1.84. The number of aliphatic hydroxyl groups excluding tert-OH is 9. The smallest absolute Gasteiger partial charge is 0.187 e. The highest BCUT2D eigenvalue weighted by molar-refractivity contribution is 4.95. The van der Waals surface area contributed by atoms with Crippen LogP contribution in [-0.4, -0.2) is 158 Å². The Kier molecular flexibility index (Phi) is 9.57. The molecule has 3 saturated heterocycles. The van der Waals surface area contributed by atoms with E-state index in [4.69, 9.17) is 28.4 Å². The van der Waals surface area contributed by atoms with Crippen LogP contribution in [0.25, 0.3) is 0 Å². The van der Waals surface area contributed by atoms with Gasteiger partial charge < -0.3 is 74.4 Å². The van der Waals surface area contributed by atoms with Gasteiger partial charge in [0.2, 0.25) is 0 Å². The van der Waals surface area contributed by atoms with Crippen molar-refractivity contribution in [3.63, 3.8) is 0 Å². The number of rotatable bonds is 7. The first-order valence-corrected chi connectivity index (χ1v) is 10.8. The van der Waals surface area contributed by atoms with Crippen molar-refractivity contribution in [3.8, 4) is 0 Å². The Morgan fingerprint density at radius 1 is 0.559 bits per heavy atom. The van der Waals surface area contributed by atoms with E-state index in [9.17, 15) is 46.0 Å². The summed E-state index contributed by atoms with van der Waals surface area (Å²) in [5.41, 5.74) is 0. The fourth-order valence-corrected chi connectivity index (χ4v) is 4.14. The SMILES string of the molecule is COC1OC(C)C(O)C(OC2OC(CO)C(O)C(O)C2O)C1OC1OC(CO)C(O)C(O)C1O. The van der Waals surface area contributed by atoms with Gasteiger partial charge in [-0.1, -0.05) is 0 Å². The lowest BCUT2D eigenvalue weighted by Gasteiger charge is -2.48. The quantitative estimate of drug-likeness (QED) is 0.157. The van der Waals surface area contributed by atoms with E-state index >= 15 is 0 Å². The van der Waals surface area contributed by atoms with Gasteiger partial charge in [-0.2, -0.15) is 0 Å². The van der Waals surface area contributed by atoms with Gasteiger partial charge in [0.15, 0.2) is 18.9 Å². The summed E-state index contributed by atoms with van der Waals surface area (Å²) in [5, 5.41) is 90.2. The van der Waals surface area contributed by atoms with Crippen LogP contribution in [0.15, 0.2) is 0 Å². The van der Waals surface area contributed by atoms with Gasteiger partial charge in [0.1, 0.15) is 67.1 Å². The van der Waals surface area contributed by atoms with Crippen molar-refractivity contribution in [1.82, 2.24) is 0 Å². The fraction of sp³-hybridized carbons (Fsp3) is 1.00. The predicted octanol–water partition coefficient (Wildman–Crippen LogP) is -5.89. The monoisotopic (exact) mass is 502 g/mol. The molecule has 15 unspecified atom stereocenters. The first kappa shape index (κ1) is 28.0. The summed E-state index contributed by atoms with van der Waals surface area (Å²) < 4.78 is 32.9. The zero-order chi connectivity index (χ0) is 25.3. The Labute approximate surface area is 194 Å². The van der Waals surface area contributed by atoms with Crippen LogP contribution in [0, 0.1) is 0 Å². The molecule has 3 heterocycles. The highest BCUT2D eigenvalue weighted by atomic mass is 16.8. The van der Waals surface area contributed by atoms with Crippen LogP contribution in [0.1, 0.15) is 6.92 Å². The molecule has 0 aromatic carbocycles. The lowest BCUT2D eigenvalue weighted by molar-refractivity contribution is -0.387. The average molecular weight is 502 g/mol. The molecule has 3 fully saturated rings. The van der Waals surface area contributed by atoms with Crippen molar-refractivity contribution >= 4 is 0 Å². The van der Waals surface area contributed by atoms with Crippen molar-refractivity contribution in [2.75, 3.05) is 20.3 Å². The molecule has 3 aliphatic heterocycles. The zero-order valence-electron chi connectivity index (χ0n) is 18.5. The van der Waals surface area contributed by atoms with Crippen LogP contribution in [0.5, 0.6) is 0 Å². The Morgan fingerprint density at radius 3 is 1.41 bits per heavy atom. The topological polar surface area (TPSA) is 237 Å². The minimum atomic E-state index is -1.78. The van der Waals surface area contributed by atoms with Gasteiger partial charge >= 0.3 is 0 Å². The highest BCUT2D eigenvalue weighted by Gasteiger charge is 2.53. The van der Waals surface area contributed by atoms with Crippen LogP contribution < -0.4 is 0 Å². The standard InChI is InChI=1S/C19H34O15/c1-5-8(22)15(33-17-13(27)11(25)9(23)6(3-20)31-17)16(19(29-2)30-5)34-18-14(28)12(26)10(24)7(4-21)32-18/h5-28H,3-4H2,1-2H3. The van der Waals surface area contributed by atoms with Gasteiger partial charge in [0.25, 0.3) is 0 Å². The van der Waals surface area contributed by atoms with Crippen molar-refractivity contribution in [1.29, 1.82) is 0 Å². The zero-order valence-corrected chi connectivity index (χ0v) is 18.5. The molecular weight excluding hydrogens is 468 g/mol. The molecule has 0 radical (unpaired) electrons. The summed E-state index contributed by atoms with van der Waals surface area (Å²) in [5.74, 6) is 0. The van der Waals surface area contributed by atoms with E-state index in [0.29, 0.717) is 0 Å². The second kappa shape index (κ2) is 11.6. The third-order valence-corrected chi connectivity index (χ3v) is 6.27. The van der Waals surface area contributed by atoms with Gasteiger partial charge in [-0.3, -0.25) is 0 Å². The van der Waals surface area contributed by atoms with Crippen molar-refractivity contribution in [3.05, 3.63) is 0 Å². The minimum absolute atomic E-state index is 0.704. The van der Waals surface area contributed by atoms with Crippen LogP contribution >= 0.6 is 0 Å². The van der Waals surface area contributed by atoms with Gasteiger partial charge in [0.05, 0.1) is 19.3 Å². The number of aliphatic hydroxyl groups is 9. The van der Waals surface area contributed by atoms with Crippen LogP contribution in [0.2, 0.25) is 0 Å². The summed E-state index contributed by atoms with van der Waals surface area (Å²) in [6.07, 6.45) is -22.5. The van der Waals surface area contributed by atoms with E-state index in [1.807, 2.05) is 0 Å². The fourth-order valence-electron chi connectivity index (χ4n) is 4.14. The molecule has 15 heteroatoms. The molecule has 0 aromatic rings. The maximum absolute atomic E-state index is 10.7. The van der Waals surface area contributed by atoms with Crippen LogP contribution in [-0.2, 0) is 28.4 Å². The first-order chi connectivity index (χ1) is 16.0. The largest absolute Gasteiger partial charge is 0.394 e. The first-order valence-electron chi connectivity index (χ1n) is 10.8. The summed E-state index contributed by atoms with van der Waals surface area (Å²) in [6, 6.07) is 0. The molecule has 0 amide bonds. The molecule has 34 heavy (non-hydrogen) atoms. The summed E-state index contributed by atoms with van der Waals surface area (Å²) >= 11 is 0. The molecule has 0 aliphatic carbocycles. The molecule has 15 nitrogen and oxygen atoms in total. The van der Waals surface area contributed by atoms with Crippen molar-refractivity contribution < 1.29 is 74.4 Å². The third kappa shape index (κ3) is 5.39. The van der Waals surface area contributed by atoms with Crippen LogP contribution in [0.4, 0.5) is 0 Å². The molecule has 0 bridgehead atoms. The second-order valence-corrected chi connectivity index (χ2v) is 8.53. The maximum atomic E-state index is 10.7. The molecule has 3 rings (SSSR count). The van der Waals surface area contributed by atoms with Crippen molar-refractivity contribution in [2.24, 2.45) is 0 Å². The molecular formula is C19H34O15. The van der Waals surface area contributed by atoms with Gasteiger partial charge in [-0.05, 0) is 6.92 Å². The summed E-state index contributed by atoms with van der Waals surface area (Å²) in [6.45, 7) is 0.0809. The van der Waals surface area contributed by atoms with Crippen molar-refractivity contribution in [2.45, 2.75) is 99.0 Å². The maximum Gasteiger partial charge on any atom is 0.187 e. The minimum Gasteiger partial charge on any atom is -0.394 e. The summed E-state index contributed by atoms with van der Waals surface area (Å²) in [4.78, 5) is 0. The van der Waals surface area contributed by atoms with Gasteiger partial charge in [0, 0.05) is 7.11 Å². The van der Waals surface area contributed by atoms with E-state index in [0.717, 1.165) is 0 Å². The number of methoxy groups -OCH3 is 1. The molecule has 15 atom stereocenters. The number of hydrogen-bond acceptors (Lipinski definition) is 15. The van der Waals surface area contributed by atoms with Gasteiger partial charge in [-0.15, -0.1) is 0 Å². The third-order valence-electron chi connectivity index (χ3n) is 6.27. The highest BCUT2D eigenvalue weighted by Crippen LogP contribution is 2.33. The molecule has 3 aliphatic rings. The predicted molar refractivity (Wildman–Crippen MR) is 105 cm³/mol. The molecule has 0 spiro atoms. The number of ether oxygens (including phenoxy) is 6. The van der Waals surface area contributed by atoms with E-state index < -0.39 is 105 Å². The summed E-state index contributed by atoms with van der Waals surface area (Å²) in [7, 11) is 1.25. The van der Waals surface area contributed by atoms with E-state index in [-0.39, 0.29) is 0 Å². The average Bonchev–Trinajstić information content (AvgIpc) is 2.83. The molecule has 200 valence electrons. The molecule has 0 aromatic heterocycles. The van der Waals surface area contributed by atoms with Crippen LogP contribution in [0.3, 0.4) is 0 Å². The number of hydrogen-bond donors (Lipinski definition) is 9. The second-order valence-electron chi connectivity index (χ2n) is 8.53. The molecule has 9 N–H and O–H groups in total. The Hall–Kier alpha value is -0.600. The lowest BCUT2D eigenvalue weighted by atomic mass is 9.96. The normalized spacial score (nSPS) is 52.5. The van der Waals surface area contributed by atoms with E-state index in [1.54, 1.807) is 0 Å². The Bertz CT molecular complexity index is 599. The van der Waals surface area contributed by atoms with E-state index in [1.165, 1.54) is 14.0 Å². The van der Waals surface area contributed by atoms with E-state index in [2.05, 4.69) is 0 Å².